The van der Waals surface area contributed by atoms with E-state index in [1.54, 1.807) is 18.2 Å². The second-order valence-electron chi connectivity index (χ2n) is 6.09. The highest BCUT2D eigenvalue weighted by atomic mass is 16.5. The summed E-state index contributed by atoms with van der Waals surface area (Å²) in [5, 5.41) is 5.68. The molecule has 0 bridgehead atoms. The molecule has 1 unspecified atom stereocenters. The van der Waals surface area contributed by atoms with Crippen molar-refractivity contribution >= 4 is 11.8 Å². The molecule has 6 heteroatoms. The van der Waals surface area contributed by atoms with Crippen LogP contribution in [0.4, 0.5) is 0 Å². The average Bonchev–Trinajstić information content (AvgIpc) is 3.42. The van der Waals surface area contributed by atoms with Crippen LogP contribution in [0.25, 0.3) is 0 Å². The monoisotopic (exact) mass is 333 g/mol. The van der Waals surface area contributed by atoms with Gasteiger partial charge in [0.1, 0.15) is 5.75 Å². The Morgan fingerprint density at radius 1 is 1.29 bits per heavy atom. The summed E-state index contributed by atoms with van der Waals surface area (Å²) in [5.41, 5.74) is 6.45. The number of benzene rings is 1. The van der Waals surface area contributed by atoms with E-state index in [2.05, 4.69) is 10.6 Å². The number of nitrogens with one attached hydrogen (secondary N) is 2. The van der Waals surface area contributed by atoms with Crippen molar-refractivity contribution < 1.29 is 14.3 Å². The minimum absolute atomic E-state index is 0.0185. The van der Waals surface area contributed by atoms with E-state index >= 15 is 0 Å². The molecule has 2 amide bonds. The minimum atomic E-state index is -0.185. The van der Waals surface area contributed by atoms with Gasteiger partial charge >= 0.3 is 0 Å². The lowest BCUT2D eigenvalue weighted by molar-refractivity contribution is -0.121. The van der Waals surface area contributed by atoms with E-state index < -0.39 is 0 Å². The van der Waals surface area contributed by atoms with Crippen molar-refractivity contribution in [3.63, 3.8) is 0 Å². The van der Waals surface area contributed by atoms with Crippen LogP contribution in [0.2, 0.25) is 0 Å². The molecule has 0 saturated heterocycles. The summed E-state index contributed by atoms with van der Waals surface area (Å²) in [4.78, 5) is 23.9. The number of nitrogens with two attached hydrogens (primary N) is 1. The Kier molecular flexibility index (Phi) is 7.06. The van der Waals surface area contributed by atoms with Crippen LogP contribution in [0.15, 0.2) is 24.3 Å². The summed E-state index contributed by atoms with van der Waals surface area (Å²) in [7, 11) is 0. The van der Waals surface area contributed by atoms with Gasteiger partial charge in [-0.15, -0.1) is 0 Å². The van der Waals surface area contributed by atoms with Crippen molar-refractivity contribution in [3.8, 4) is 5.75 Å². The molecule has 1 atom stereocenters. The van der Waals surface area contributed by atoms with Gasteiger partial charge in [-0.25, -0.2) is 0 Å². The molecule has 1 aromatic carbocycles. The van der Waals surface area contributed by atoms with Gasteiger partial charge in [-0.05, 0) is 44.2 Å². The average molecular weight is 333 g/mol. The van der Waals surface area contributed by atoms with Crippen LogP contribution in [0.1, 0.15) is 43.0 Å². The Morgan fingerprint density at radius 2 is 2.04 bits per heavy atom. The highest BCUT2D eigenvalue weighted by Gasteiger charge is 2.28. The van der Waals surface area contributed by atoms with Gasteiger partial charge in [-0.2, -0.15) is 0 Å². The molecule has 0 radical (unpaired) electrons. The van der Waals surface area contributed by atoms with Crippen LogP contribution in [-0.2, 0) is 4.79 Å². The van der Waals surface area contributed by atoms with Gasteiger partial charge in [0.25, 0.3) is 5.91 Å². The van der Waals surface area contributed by atoms with Gasteiger partial charge in [-0.1, -0.05) is 12.1 Å². The van der Waals surface area contributed by atoms with Gasteiger partial charge in [0, 0.05) is 25.6 Å². The first-order valence-corrected chi connectivity index (χ1v) is 8.64. The molecule has 1 aliphatic carbocycles. The van der Waals surface area contributed by atoms with Crippen LogP contribution < -0.4 is 21.1 Å². The fraction of sp³-hybridized carbons (Fsp3) is 0.556. The molecule has 1 aromatic rings. The molecule has 1 saturated carbocycles. The molecular weight excluding hydrogens is 306 g/mol. The van der Waals surface area contributed by atoms with E-state index in [1.807, 2.05) is 13.0 Å². The zero-order valence-electron chi connectivity index (χ0n) is 14.2. The second-order valence-corrected chi connectivity index (χ2v) is 6.09. The number of amides is 2. The Balaban J connectivity index is 1.64. The molecule has 0 heterocycles. The number of hydrogen-bond acceptors (Lipinski definition) is 4. The maximum absolute atomic E-state index is 12.2. The summed E-state index contributed by atoms with van der Waals surface area (Å²) in [6, 6.07) is 7.21. The maximum atomic E-state index is 12.2. The normalized spacial score (nSPS) is 14.8. The Bertz CT molecular complexity index is 558. The number of ether oxygens (including phenoxy) is 1. The maximum Gasteiger partial charge on any atom is 0.255 e. The van der Waals surface area contributed by atoms with E-state index in [-0.39, 0.29) is 17.9 Å². The van der Waals surface area contributed by atoms with Crippen LogP contribution in [0, 0.1) is 5.92 Å². The summed E-state index contributed by atoms with van der Waals surface area (Å²) in [6.07, 6.45) is 3.32. The molecule has 6 nitrogen and oxygen atoms in total. The number of para-hydroxylation sites is 1. The Hall–Kier alpha value is -2.08. The molecular formula is C18H27N3O3. The van der Waals surface area contributed by atoms with E-state index in [0.29, 0.717) is 49.8 Å². The van der Waals surface area contributed by atoms with Gasteiger partial charge in [-0.3, -0.25) is 9.59 Å². The number of hydrogen-bond donors (Lipinski definition) is 3. The molecule has 4 N–H and O–H groups in total. The standard InChI is InChI=1S/C18H27N3O3/c1-2-24-16-7-4-3-6-14(16)18(23)20-11-5-8-17(22)21-12-15(19)13-9-10-13/h3-4,6-7,13,15H,2,5,8-12,19H2,1H3,(H,20,23)(H,21,22). The lowest BCUT2D eigenvalue weighted by Crippen LogP contribution is -2.38. The van der Waals surface area contributed by atoms with E-state index in [1.165, 1.54) is 12.8 Å². The molecule has 132 valence electrons. The smallest absolute Gasteiger partial charge is 0.255 e. The predicted octanol–water partition coefficient (Wildman–Crippen LogP) is 1.45. The molecule has 2 rings (SSSR count). The summed E-state index contributed by atoms with van der Waals surface area (Å²) >= 11 is 0. The summed E-state index contributed by atoms with van der Waals surface area (Å²) in [6.45, 7) is 3.37. The fourth-order valence-electron chi connectivity index (χ4n) is 2.49. The van der Waals surface area contributed by atoms with Crippen molar-refractivity contribution in [1.29, 1.82) is 0 Å². The predicted molar refractivity (Wildman–Crippen MR) is 92.9 cm³/mol. The van der Waals surface area contributed by atoms with Crippen LogP contribution in [0.3, 0.4) is 0 Å². The second kappa shape index (κ2) is 9.27. The quantitative estimate of drug-likeness (QED) is 0.565. The SMILES string of the molecule is CCOc1ccccc1C(=O)NCCCC(=O)NCC(N)C1CC1. The molecule has 0 aromatic heterocycles. The van der Waals surface area contributed by atoms with Crippen LogP contribution in [0.5, 0.6) is 5.75 Å². The van der Waals surface area contributed by atoms with Crippen molar-refractivity contribution in [2.24, 2.45) is 11.7 Å². The first kappa shape index (κ1) is 18.3. The third-order valence-corrected chi connectivity index (χ3v) is 4.06. The molecule has 0 aliphatic heterocycles. The van der Waals surface area contributed by atoms with Crippen molar-refractivity contribution in [2.45, 2.75) is 38.6 Å². The minimum Gasteiger partial charge on any atom is -0.493 e. The fourth-order valence-corrected chi connectivity index (χ4v) is 2.49. The summed E-state index contributed by atoms with van der Waals surface area (Å²) in [5.74, 6) is 0.949. The van der Waals surface area contributed by atoms with Gasteiger partial charge in [0.05, 0.1) is 12.2 Å². The van der Waals surface area contributed by atoms with Gasteiger partial charge < -0.3 is 21.1 Å². The molecule has 0 spiro atoms. The first-order chi connectivity index (χ1) is 11.6. The Labute approximate surface area is 143 Å². The van der Waals surface area contributed by atoms with Crippen LogP contribution >= 0.6 is 0 Å². The lowest BCUT2D eigenvalue weighted by atomic mass is 10.2. The van der Waals surface area contributed by atoms with E-state index in [9.17, 15) is 9.59 Å². The van der Waals surface area contributed by atoms with Gasteiger partial charge in [0.2, 0.25) is 5.91 Å². The molecule has 1 fully saturated rings. The van der Waals surface area contributed by atoms with Crippen molar-refractivity contribution in [3.05, 3.63) is 29.8 Å². The third kappa shape index (κ3) is 5.85. The molecule has 24 heavy (non-hydrogen) atoms. The largest absolute Gasteiger partial charge is 0.493 e. The van der Waals surface area contributed by atoms with E-state index in [4.69, 9.17) is 10.5 Å². The third-order valence-electron chi connectivity index (χ3n) is 4.06. The van der Waals surface area contributed by atoms with Crippen LogP contribution in [-0.4, -0.2) is 37.6 Å². The Morgan fingerprint density at radius 3 is 2.75 bits per heavy atom. The zero-order valence-corrected chi connectivity index (χ0v) is 14.2. The number of carbonyl (C=O) groups excluding carboxylic acids is 2. The lowest BCUT2D eigenvalue weighted by Gasteiger charge is -2.12. The highest BCUT2D eigenvalue weighted by Crippen LogP contribution is 2.31. The topological polar surface area (TPSA) is 93.4 Å². The van der Waals surface area contributed by atoms with Crippen molar-refractivity contribution in [1.82, 2.24) is 10.6 Å². The molecule has 1 aliphatic rings. The van der Waals surface area contributed by atoms with Crippen molar-refractivity contribution in [2.75, 3.05) is 19.7 Å². The first-order valence-electron chi connectivity index (χ1n) is 8.64. The number of rotatable bonds is 10. The summed E-state index contributed by atoms with van der Waals surface area (Å²) < 4.78 is 5.44. The number of carbonyl (C=O) groups is 2. The van der Waals surface area contributed by atoms with Gasteiger partial charge in [0.15, 0.2) is 0 Å². The highest BCUT2D eigenvalue weighted by molar-refractivity contribution is 5.96. The van der Waals surface area contributed by atoms with E-state index in [0.717, 1.165) is 0 Å². The zero-order chi connectivity index (χ0) is 17.4.